The molecular weight excluding hydrogens is 262 g/mol. The van der Waals surface area contributed by atoms with E-state index in [1.807, 2.05) is 0 Å². The van der Waals surface area contributed by atoms with Gasteiger partial charge in [0.15, 0.2) is 0 Å². The smallest absolute Gasteiger partial charge is 0.305 e. The predicted octanol–water partition coefficient (Wildman–Crippen LogP) is 1.48. The average molecular weight is 281 g/mol. The molecule has 0 fully saturated rings. The van der Waals surface area contributed by atoms with Crippen molar-refractivity contribution in [2.24, 2.45) is 0 Å². The number of nitrogens with zero attached hydrogens (tertiary/aromatic N) is 2. The highest BCUT2D eigenvalue weighted by atomic mass is 16.6. The zero-order valence-corrected chi connectivity index (χ0v) is 12.0. The van der Waals surface area contributed by atoms with Crippen molar-refractivity contribution in [2.75, 3.05) is 26.0 Å². The molecule has 2 N–H and O–H groups in total. The van der Waals surface area contributed by atoms with Crippen LogP contribution in [0.3, 0.4) is 0 Å². The van der Waals surface area contributed by atoms with Crippen molar-refractivity contribution < 1.29 is 14.8 Å². The molecule has 1 aromatic rings. The average Bonchev–Trinajstić information content (AvgIpc) is 2.44. The minimum absolute atomic E-state index is 0.00845. The molecule has 0 heterocycles. The maximum absolute atomic E-state index is 12.4. The van der Waals surface area contributed by atoms with E-state index in [2.05, 4.69) is 5.32 Å². The molecule has 0 unspecified atom stereocenters. The van der Waals surface area contributed by atoms with Gasteiger partial charge in [0.2, 0.25) is 0 Å². The monoisotopic (exact) mass is 281 g/mol. The second-order valence-electron chi connectivity index (χ2n) is 5.04. The molecule has 0 atom stereocenters. The maximum atomic E-state index is 12.4. The Balaban J connectivity index is 3.33. The number of likely N-dealkylation sites (N-methyl/N-ethyl adjacent to an activating group) is 1. The molecule has 0 aliphatic heterocycles. The number of rotatable bonds is 5. The number of hydrogen-bond acceptors (Lipinski definition) is 5. The normalized spacial score (nSPS) is 11.1. The molecule has 0 bridgehead atoms. The predicted molar refractivity (Wildman–Crippen MR) is 75.9 cm³/mol. The van der Waals surface area contributed by atoms with Gasteiger partial charge in [-0.2, -0.15) is 0 Å². The van der Waals surface area contributed by atoms with Gasteiger partial charge in [-0.15, -0.1) is 0 Å². The first-order valence-electron chi connectivity index (χ1n) is 6.10. The van der Waals surface area contributed by atoms with E-state index in [-0.39, 0.29) is 23.5 Å². The molecule has 0 aliphatic rings. The van der Waals surface area contributed by atoms with Gasteiger partial charge in [0.1, 0.15) is 11.3 Å². The van der Waals surface area contributed by atoms with Crippen LogP contribution in [0.25, 0.3) is 0 Å². The number of carbonyl (C=O) groups is 1. The zero-order chi connectivity index (χ0) is 15.5. The van der Waals surface area contributed by atoms with Crippen molar-refractivity contribution in [2.45, 2.75) is 19.4 Å². The van der Waals surface area contributed by atoms with Crippen molar-refractivity contribution in [3.05, 3.63) is 33.9 Å². The molecule has 110 valence electrons. The van der Waals surface area contributed by atoms with Crippen LogP contribution in [-0.2, 0) is 0 Å². The molecule has 1 aromatic carbocycles. The van der Waals surface area contributed by atoms with Gasteiger partial charge in [-0.25, -0.2) is 0 Å². The van der Waals surface area contributed by atoms with E-state index in [9.17, 15) is 20.0 Å². The van der Waals surface area contributed by atoms with Crippen LogP contribution in [0.4, 0.5) is 11.4 Å². The fraction of sp³-hybridized carbons (Fsp3) is 0.462. The van der Waals surface area contributed by atoms with Crippen molar-refractivity contribution in [1.29, 1.82) is 0 Å². The molecule has 0 aliphatic carbocycles. The molecule has 7 nitrogen and oxygen atoms in total. The third-order valence-electron chi connectivity index (χ3n) is 3.32. The first-order chi connectivity index (χ1) is 9.26. The van der Waals surface area contributed by atoms with Gasteiger partial charge in [0.05, 0.1) is 17.1 Å². The highest BCUT2D eigenvalue weighted by Gasteiger charge is 2.32. The molecule has 0 saturated carbocycles. The summed E-state index contributed by atoms with van der Waals surface area (Å²) < 4.78 is 0. The number of nitro groups is 1. The number of aliphatic hydroxyl groups is 1. The Morgan fingerprint density at radius 2 is 2.10 bits per heavy atom. The number of nitrogens with one attached hydrogen (secondary N) is 1. The van der Waals surface area contributed by atoms with E-state index in [0.29, 0.717) is 0 Å². The van der Waals surface area contributed by atoms with Crippen LogP contribution in [0, 0.1) is 10.1 Å². The quantitative estimate of drug-likeness (QED) is 0.629. The molecule has 1 amide bonds. The van der Waals surface area contributed by atoms with Crippen LogP contribution in [0.2, 0.25) is 0 Å². The molecular formula is C13H19N3O4. The second kappa shape index (κ2) is 5.87. The summed E-state index contributed by atoms with van der Waals surface area (Å²) in [5, 5.41) is 23.2. The minimum atomic E-state index is -0.805. The summed E-state index contributed by atoms with van der Waals surface area (Å²) in [6.07, 6.45) is 0. The third-order valence-corrected chi connectivity index (χ3v) is 3.32. The summed E-state index contributed by atoms with van der Waals surface area (Å²) in [6.45, 7) is 3.12. The summed E-state index contributed by atoms with van der Waals surface area (Å²) in [6, 6.07) is 4.52. The van der Waals surface area contributed by atoms with Gasteiger partial charge in [0.25, 0.3) is 5.91 Å². The van der Waals surface area contributed by atoms with Crippen molar-refractivity contribution in [3.8, 4) is 0 Å². The first kappa shape index (κ1) is 15.9. The topological polar surface area (TPSA) is 95.7 Å². The Morgan fingerprint density at radius 3 is 2.55 bits per heavy atom. The van der Waals surface area contributed by atoms with Gasteiger partial charge in [0, 0.05) is 14.1 Å². The highest BCUT2D eigenvalue weighted by Crippen LogP contribution is 2.30. The number of anilines is 1. The first-order valence-corrected chi connectivity index (χ1v) is 6.10. The molecule has 0 radical (unpaired) electrons. The summed E-state index contributed by atoms with van der Waals surface area (Å²) in [7, 11) is 3.06. The zero-order valence-electron chi connectivity index (χ0n) is 12.0. The van der Waals surface area contributed by atoms with Gasteiger partial charge >= 0.3 is 5.69 Å². The molecule has 7 heteroatoms. The summed E-state index contributed by atoms with van der Waals surface area (Å²) in [5.41, 5.74) is -0.803. The number of carbonyl (C=O) groups excluding carboxylic acids is 1. The van der Waals surface area contributed by atoms with E-state index in [1.165, 1.54) is 24.1 Å². The Hall–Kier alpha value is -2.15. The number of amides is 1. The van der Waals surface area contributed by atoms with Crippen LogP contribution in [0.15, 0.2) is 18.2 Å². The number of benzene rings is 1. The number of aliphatic hydroxyl groups excluding tert-OH is 1. The van der Waals surface area contributed by atoms with E-state index in [1.54, 1.807) is 27.0 Å². The Kier molecular flexibility index (Phi) is 4.67. The van der Waals surface area contributed by atoms with Crippen LogP contribution < -0.4 is 5.32 Å². The maximum Gasteiger partial charge on any atom is 0.305 e. The molecule has 0 saturated heterocycles. The van der Waals surface area contributed by atoms with Crippen LogP contribution in [0.5, 0.6) is 0 Å². The number of para-hydroxylation sites is 1. The van der Waals surface area contributed by atoms with E-state index >= 15 is 0 Å². The minimum Gasteiger partial charge on any atom is -0.394 e. The lowest BCUT2D eigenvalue weighted by Crippen LogP contribution is -2.47. The second-order valence-corrected chi connectivity index (χ2v) is 5.04. The molecule has 20 heavy (non-hydrogen) atoms. The third kappa shape index (κ3) is 2.88. The lowest BCUT2D eigenvalue weighted by molar-refractivity contribution is -0.384. The number of nitro benzene ring substituents is 1. The SMILES string of the molecule is CNc1cccc(C(=O)N(C)C(C)(C)CO)c1[N+](=O)[O-]. The van der Waals surface area contributed by atoms with Crippen molar-refractivity contribution in [3.63, 3.8) is 0 Å². The fourth-order valence-electron chi connectivity index (χ4n) is 1.68. The summed E-state index contributed by atoms with van der Waals surface area (Å²) >= 11 is 0. The number of hydrogen-bond donors (Lipinski definition) is 2. The van der Waals surface area contributed by atoms with E-state index in [4.69, 9.17) is 0 Å². The van der Waals surface area contributed by atoms with Gasteiger partial charge in [-0.3, -0.25) is 14.9 Å². The van der Waals surface area contributed by atoms with Crippen molar-refractivity contribution >= 4 is 17.3 Å². The molecule has 0 aromatic heterocycles. The molecule has 0 spiro atoms. The van der Waals surface area contributed by atoms with Crippen molar-refractivity contribution in [1.82, 2.24) is 4.90 Å². The Morgan fingerprint density at radius 1 is 1.50 bits per heavy atom. The van der Waals surface area contributed by atoms with Crippen LogP contribution in [0.1, 0.15) is 24.2 Å². The van der Waals surface area contributed by atoms with E-state index < -0.39 is 16.4 Å². The van der Waals surface area contributed by atoms with Gasteiger partial charge < -0.3 is 15.3 Å². The molecule has 1 rings (SSSR count). The summed E-state index contributed by atoms with van der Waals surface area (Å²) in [4.78, 5) is 24.3. The Bertz CT molecular complexity index is 528. The van der Waals surface area contributed by atoms with E-state index in [0.717, 1.165) is 0 Å². The Labute approximate surface area is 117 Å². The van der Waals surface area contributed by atoms with Gasteiger partial charge in [-0.1, -0.05) is 6.07 Å². The van der Waals surface area contributed by atoms with Crippen LogP contribution in [-0.4, -0.2) is 47.1 Å². The standard InChI is InChI=1S/C13H19N3O4/c1-13(2,8-17)15(4)12(18)9-6-5-7-10(14-3)11(9)16(19)20/h5-7,14,17H,8H2,1-4H3. The highest BCUT2D eigenvalue weighted by molar-refractivity contribution is 6.00. The fourth-order valence-corrected chi connectivity index (χ4v) is 1.68. The largest absolute Gasteiger partial charge is 0.394 e. The lowest BCUT2D eigenvalue weighted by Gasteiger charge is -2.33. The summed E-state index contributed by atoms with van der Waals surface area (Å²) in [5.74, 6) is -0.507. The lowest BCUT2D eigenvalue weighted by atomic mass is 10.0. The van der Waals surface area contributed by atoms with Crippen LogP contribution >= 0.6 is 0 Å². The van der Waals surface area contributed by atoms with Gasteiger partial charge in [-0.05, 0) is 26.0 Å².